The maximum absolute atomic E-state index is 10.5. The molecule has 0 aromatic heterocycles. The second-order valence-electron chi connectivity index (χ2n) is 2.36. The molecule has 11 heavy (non-hydrogen) atoms. The third kappa shape index (κ3) is 5.54. The first kappa shape index (κ1) is 10.1. The van der Waals surface area contributed by atoms with E-state index in [-0.39, 0.29) is 18.6 Å². The van der Waals surface area contributed by atoms with E-state index >= 15 is 0 Å². The lowest BCUT2D eigenvalue weighted by Crippen LogP contribution is -2.18. The summed E-state index contributed by atoms with van der Waals surface area (Å²) in [6, 6.07) is 0. The number of rotatable bonds is 5. The highest BCUT2D eigenvalue weighted by atomic mass is 16.5. The Morgan fingerprint density at radius 3 is 2.27 bits per heavy atom. The first-order valence-electron chi connectivity index (χ1n) is 3.30. The van der Waals surface area contributed by atoms with Crippen molar-refractivity contribution in [1.82, 2.24) is 0 Å². The fraction of sp³-hybridized carbons (Fsp3) is 0.714. The van der Waals surface area contributed by atoms with Gasteiger partial charge in [0.25, 0.3) is 0 Å². The number of carbonyl (C=O) groups excluding carboxylic acids is 1. The van der Waals surface area contributed by atoms with Gasteiger partial charge in [-0.2, -0.15) is 0 Å². The minimum atomic E-state index is -0.946. The predicted molar refractivity (Wildman–Crippen MR) is 38.3 cm³/mol. The van der Waals surface area contributed by atoms with Gasteiger partial charge in [0.05, 0.1) is 12.5 Å². The molecule has 1 atom stereocenters. The highest BCUT2D eigenvalue weighted by molar-refractivity contribution is 5.77. The summed E-state index contributed by atoms with van der Waals surface area (Å²) in [7, 11) is 1.40. The summed E-state index contributed by atoms with van der Waals surface area (Å²) in [5.41, 5.74) is 0. The first-order chi connectivity index (χ1) is 5.06. The summed E-state index contributed by atoms with van der Waals surface area (Å²) in [4.78, 5) is 20.7. The Kier molecular flexibility index (Phi) is 4.45. The number of hydrogen-bond donors (Lipinski definition) is 1. The highest BCUT2D eigenvalue weighted by Crippen LogP contribution is 2.02. The molecule has 0 aliphatic heterocycles. The minimum Gasteiger partial charge on any atom is -0.481 e. The molecule has 0 unspecified atom stereocenters. The molecular weight excluding hydrogens is 148 g/mol. The summed E-state index contributed by atoms with van der Waals surface area (Å²) in [6.07, 6.45) is -0.427. The third-order valence-electron chi connectivity index (χ3n) is 1.25. The van der Waals surface area contributed by atoms with E-state index in [0.29, 0.717) is 0 Å². The molecule has 0 saturated heterocycles. The normalized spacial score (nSPS) is 12.5. The number of ether oxygens (including phenoxy) is 1. The van der Waals surface area contributed by atoms with Gasteiger partial charge in [-0.05, 0) is 6.92 Å². The molecule has 0 amide bonds. The molecule has 0 aliphatic rings. The Morgan fingerprint density at radius 1 is 1.45 bits per heavy atom. The zero-order valence-electron chi connectivity index (χ0n) is 6.66. The van der Waals surface area contributed by atoms with Crippen molar-refractivity contribution in [3.63, 3.8) is 0 Å². The molecule has 0 heterocycles. The third-order valence-corrected chi connectivity index (χ3v) is 1.25. The number of Topliss-reactive ketones (excluding diaryl/α,β-unsaturated/α-hetero) is 1. The van der Waals surface area contributed by atoms with Crippen molar-refractivity contribution in [2.24, 2.45) is 0 Å². The van der Waals surface area contributed by atoms with Crippen LogP contribution in [-0.2, 0) is 14.3 Å². The number of carboxylic acids is 1. The molecule has 0 spiro atoms. The zero-order chi connectivity index (χ0) is 8.85. The van der Waals surface area contributed by atoms with Crippen molar-refractivity contribution in [2.75, 3.05) is 7.11 Å². The van der Waals surface area contributed by atoms with Gasteiger partial charge in [-0.3, -0.25) is 9.59 Å². The molecule has 0 aromatic carbocycles. The molecule has 64 valence electrons. The van der Waals surface area contributed by atoms with Gasteiger partial charge in [0.2, 0.25) is 0 Å². The Hall–Kier alpha value is -0.900. The summed E-state index contributed by atoms with van der Waals surface area (Å²) >= 11 is 0. The van der Waals surface area contributed by atoms with Crippen molar-refractivity contribution in [1.29, 1.82) is 0 Å². The van der Waals surface area contributed by atoms with Crippen LogP contribution in [0.4, 0.5) is 0 Å². The van der Waals surface area contributed by atoms with Crippen LogP contribution in [0.15, 0.2) is 0 Å². The Balaban J connectivity index is 3.76. The van der Waals surface area contributed by atoms with Gasteiger partial charge in [0.15, 0.2) is 0 Å². The number of ketones is 1. The van der Waals surface area contributed by atoms with Gasteiger partial charge < -0.3 is 9.84 Å². The lowest BCUT2D eigenvalue weighted by atomic mass is 10.1. The number of carboxylic acid groups (broad SMARTS) is 1. The number of carbonyl (C=O) groups is 2. The lowest BCUT2D eigenvalue weighted by molar-refractivity contribution is -0.140. The van der Waals surface area contributed by atoms with Gasteiger partial charge in [-0.1, -0.05) is 0 Å². The fourth-order valence-electron chi connectivity index (χ4n) is 0.754. The van der Waals surface area contributed by atoms with Crippen molar-refractivity contribution < 1.29 is 19.4 Å². The summed E-state index contributed by atoms with van der Waals surface area (Å²) in [6.45, 7) is 1.41. The van der Waals surface area contributed by atoms with Gasteiger partial charge in [-0.15, -0.1) is 0 Å². The second-order valence-corrected chi connectivity index (χ2v) is 2.36. The minimum absolute atomic E-state index is 0.0573. The predicted octanol–water partition coefficient (Wildman–Crippen LogP) is 0.455. The van der Waals surface area contributed by atoms with E-state index in [1.807, 2.05) is 0 Å². The van der Waals surface area contributed by atoms with Gasteiger partial charge in [0, 0.05) is 13.5 Å². The van der Waals surface area contributed by atoms with Crippen molar-refractivity contribution in [2.45, 2.75) is 25.9 Å². The van der Waals surface area contributed by atoms with Crippen LogP contribution in [0.1, 0.15) is 19.8 Å². The Labute approximate surface area is 65.2 Å². The maximum Gasteiger partial charge on any atom is 0.305 e. The Morgan fingerprint density at radius 2 is 2.00 bits per heavy atom. The average molecular weight is 160 g/mol. The fourth-order valence-corrected chi connectivity index (χ4v) is 0.754. The van der Waals surface area contributed by atoms with Crippen molar-refractivity contribution in [3.05, 3.63) is 0 Å². The second kappa shape index (κ2) is 4.85. The molecule has 0 aliphatic carbocycles. The molecular formula is C7H12O4. The van der Waals surface area contributed by atoms with Crippen LogP contribution in [0.3, 0.4) is 0 Å². The van der Waals surface area contributed by atoms with Crippen LogP contribution < -0.4 is 0 Å². The van der Waals surface area contributed by atoms with Crippen LogP contribution in [0.25, 0.3) is 0 Å². The largest absolute Gasteiger partial charge is 0.481 e. The number of hydrogen-bond acceptors (Lipinski definition) is 3. The molecule has 4 nitrogen and oxygen atoms in total. The van der Waals surface area contributed by atoms with E-state index in [1.165, 1.54) is 14.0 Å². The average Bonchev–Trinajstić information content (AvgIpc) is 1.84. The molecule has 0 fully saturated rings. The van der Waals surface area contributed by atoms with Crippen molar-refractivity contribution >= 4 is 11.8 Å². The van der Waals surface area contributed by atoms with Crippen LogP contribution in [0.2, 0.25) is 0 Å². The summed E-state index contributed by atoms with van der Waals surface area (Å²) in [5, 5.41) is 8.34. The molecule has 1 N–H and O–H groups in total. The SMILES string of the molecule is CO[C@@H](CC(C)=O)CC(=O)O. The van der Waals surface area contributed by atoms with Crippen LogP contribution in [0.5, 0.6) is 0 Å². The Bertz CT molecular complexity index is 137. The number of methoxy groups -OCH3 is 1. The van der Waals surface area contributed by atoms with E-state index in [9.17, 15) is 9.59 Å². The van der Waals surface area contributed by atoms with Gasteiger partial charge >= 0.3 is 5.97 Å². The standard InChI is InChI=1S/C7H12O4/c1-5(8)3-6(11-2)4-7(9)10/h6H,3-4H2,1-2H3,(H,9,10)/t6-/m0/s1. The van der Waals surface area contributed by atoms with Crippen LogP contribution in [0, 0.1) is 0 Å². The van der Waals surface area contributed by atoms with E-state index in [0.717, 1.165) is 0 Å². The smallest absolute Gasteiger partial charge is 0.305 e. The topological polar surface area (TPSA) is 63.6 Å². The molecule has 0 radical (unpaired) electrons. The highest BCUT2D eigenvalue weighted by Gasteiger charge is 2.13. The molecule has 0 saturated carbocycles. The quantitative estimate of drug-likeness (QED) is 0.634. The van der Waals surface area contributed by atoms with Gasteiger partial charge in [0.1, 0.15) is 5.78 Å². The van der Waals surface area contributed by atoms with Gasteiger partial charge in [-0.25, -0.2) is 0 Å². The van der Waals surface area contributed by atoms with E-state index in [4.69, 9.17) is 9.84 Å². The summed E-state index contributed by atoms with van der Waals surface area (Å²) in [5.74, 6) is -1.00. The molecule has 0 bridgehead atoms. The van der Waals surface area contributed by atoms with E-state index in [1.54, 1.807) is 0 Å². The lowest BCUT2D eigenvalue weighted by Gasteiger charge is -2.09. The van der Waals surface area contributed by atoms with E-state index < -0.39 is 12.1 Å². The van der Waals surface area contributed by atoms with E-state index in [2.05, 4.69) is 0 Å². The monoisotopic (exact) mass is 160 g/mol. The molecule has 0 aromatic rings. The van der Waals surface area contributed by atoms with Crippen molar-refractivity contribution in [3.8, 4) is 0 Å². The zero-order valence-corrected chi connectivity index (χ0v) is 6.66. The summed E-state index contributed by atoms with van der Waals surface area (Å²) < 4.78 is 4.77. The molecule has 4 heteroatoms. The first-order valence-corrected chi connectivity index (χ1v) is 3.30. The number of aliphatic carboxylic acids is 1. The van der Waals surface area contributed by atoms with Crippen LogP contribution >= 0.6 is 0 Å². The molecule has 0 rings (SSSR count). The van der Waals surface area contributed by atoms with Crippen LogP contribution in [-0.4, -0.2) is 30.1 Å². The maximum atomic E-state index is 10.5.